The largest absolute Gasteiger partial charge is 0.455 e. The van der Waals surface area contributed by atoms with Crippen molar-refractivity contribution in [2.24, 2.45) is 34.5 Å². The van der Waals surface area contributed by atoms with E-state index in [0.29, 0.717) is 12.2 Å². The Balaban J connectivity index is 1.51. The Labute approximate surface area is 258 Å². The molecule has 11 nitrogen and oxygen atoms in total. The summed E-state index contributed by atoms with van der Waals surface area (Å²) < 4.78 is 37.5. The molecule has 1 saturated heterocycles. The summed E-state index contributed by atoms with van der Waals surface area (Å²) in [6.07, 6.45) is -2.66. The zero-order chi connectivity index (χ0) is 31.4. The number of carbonyl (C=O) groups excluding carboxylic acids is 2. The fourth-order valence-corrected chi connectivity index (χ4v) is 12.3. The molecule has 5 saturated carbocycles. The molecule has 44 heavy (non-hydrogen) atoms. The van der Waals surface area contributed by atoms with Crippen molar-refractivity contribution in [1.82, 2.24) is 4.90 Å². The number of esters is 2. The van der Waals surface area contributed by atoms with Crippen LogP contribution in [-0.4, -0.2) is 123 Å². The molecular formula is C33H45NO10. The molecule has 7 bridgehead atoms. The number of hydrogen-bond donors (Lipinski definition) is 2. The van der Waals surface area contributed by atoms with Crippen molar-refractivity contribution in [2.75, 3.05) is 48.6 Å². The van der Waals surface area contributed by atoms with Crippen molar-refractivity contribution < 1.29 is 48.2 Å². The van der Waals surface area contributed by atoms with E-state index in [9.17, 15) is 19.8 Å². The van der Waals surface area contributed by atoms with Crippen LogP contribution in [0.3, 0.4) is 0 Å². The van der Waals surface area contributed by atoms with Crippen molar-refractivity contribution in [2.45, 2.75) is 73.9 Å². The van der Waals surface area contributed by atoms with E-state index in [1.807, 2.05) is 6.07 Å². The van der Waals surface area contributed by atoms with E-state index in [4.69, 9.17) is 28.4 Å². The second kappa shape index (κ2) is 10.2. The molecule has 0 radical (unpaired) electrons. The highest BCUT2D eigenvalue weighted by Gasteiger charge is 2.91. The number of aliphatic hydroxyl groups is 2. The number of methoxy groups -OCH3 is 4. The maximum atomic E-state index is 13.7. The molecule has 7 rings (SSSR count). The number of piperidine rings is 1. The molecule has 242 valence electrons. The molecule has 1 heterocycles. The van der Waals surface area contributed by atoms with E-state index < -0.39 is 64.8 Å². The van der Waals surface area contributed by atoms with Crippen molar-refractivity contribution in [3.8, 4) is 0 Å². The lowest BCUT2D eigenvalue weighted by atomic mass is 9.43. The van der Waals surface area contributed by atoms with Crippen LogP contribution >= 0.6 is 0 Å². The Kier molecular flexibility index (Phi) is 7.07. The van der Waals surface area contributed by atoms with Crippen LogP contribution < -0.4 is 0 Å². The van der Waals surface area contributed by atoms with E-state index in [-0.39, 0.29) is 35.8 Å². The number of fused-ring (bicyclic) bond motifs is 2. The lowest BCUT2D eigenvalue weighted by Crippen LogP contribution is -2.80. The highest BCUT2D eigenvalue weighted by Crippen LogP contribution is 2.80. The second-order valence-corrected chi connectivity index (χ2v) is 14.2. The molecule has 6 aliphatic rings. The van der Waals surface area contributed by atoms with Crippen LogP contribution in [0.15, 0.2) is 30.3 Å². The minimum atomic E-state index is -1.76. The monoisotopic (exact) mass is 615 g/mol. The standard InChI is InChI=1S/C33H45NO10/c1-17(35)44-33-21-19(14-31(38,28(42-6)26(33)36)27(21)43-29(37)18-10-8-7-9-11-18)32-20(40-4)12-13-30(16-39-3)15-34(2)25(32)22(33)23(41-5)24(30)32/h7-11,19-28,36,38H,12-16H2,1-6H3/t19-,20+,21-,22-,23-,24+,25+,26-,27+,28-,30-,31+,32-,33+/m0/s1. The van der Waals surface area contributed by atoms with Gasteiger partial charge in [0.1, 0.15) is 23.9 Å². The molecule has 0 unspecified atom stereocenters. The molecule has 5 aliphatic carbocycles. The van der Waals surface area contributed by atoms with Gasteiger partial charge in [0.15, 0.2) is 5.60 Å². The van der Waals surface area contributed by atoms with E-state index in [1.165, 1.54) is 14.0 Å². The van der Waals surface area contributed by atoms with Crippen LogP contribution in [0.2, 0.25) is 0 Å². The Bertz CT molecular complexity index is 1310. The van der Waals surface area contributed by atoms with Crippen molar-refractivity contribution in [3.63, 3.8) is 0 Å². The van der Waals surface area contributed by atoms with Crippen molar-refractivity contribution >= 4 is 11.9 Å². The van der Waals surface area contributed by atoms with Gasteiger partial charge in [-0.2, -0.15) is 0 Å². The summed E-state index contributed by atoms with van der Waals surface area (Å²) in [6, 6.07) is 8.39. The average Bonchev–Trinajstić information content (AvgIpc) is 3.39. The van der Waals surface area contributed by atoms with Crippen molar-refractivity contribution in [3.05, 3.63) is 35.9 Å². The van der Waals surface area contributed by atoms with Gasteiger partial charge < -0.3 is 43.5 Å². The quantitative estimate of drug-likeness (QED) is 0.410. The predicted octanol–water partition coefficient (Wildman–Crippen LogP) is 1.29. The molecule has 14 atom stereocenters. The number of ether oxygens (including phenoxy) is 6. The van der Waals surface area contributed by atoms with Gasteiger partial charge in [-0.15, -0.1) is 0 Å². The smallest absolute Gasteiger partial charge is 0.338 e. The van der Waals surface area contributed by atoms with E-state index in [0.717, 1.165) is 19.4 Å². The zero-order valence-electron chi connectivity index (χ0n) is 26.3. The number of rotatable bonds is 8. The van der Waals surface area contributed by atoms with Crippen molar-refractivity contribution in [1.29, 1.82) is 0 Å². The molecule has 0 aromatic heterocycles. The number of likely N-dealkylation sites (tertiary alicyclic amines) is 1. The number of carbonyl (C=O) groups is 2. The predicted molar refractivity (Wildman–Crippen MR) is 154 cm³/mol. The van der Waals surface area contributed by atoms with Crippen LogP contribution in [0.5, 0.6) is 0 Å². The summed E-state index contributed by atoms with van der Waals surface area (Å²) in [7, 11) is 8.63. The molecule has 1 aliphatic heterocycles. The Morgan fingerprint density at radius 2 is 1.75 bits per heavy atom. The first-order valence-electron chi connectivity index (χ1n) is 15.7. The fraction of sp³-hybridized carbons (Fsp3) is 0.758. The summed E-state index contributed by atoms with van der Waals surface area (Å²) in [6.45, 7) is 2.56. The molecule has 2 N–H and O–H groups in total. The number of aliphatic hydroxyl groups excluding tert-OH is 1. The normalized spacial score (nSPS) is 49.9. The van der Waals surface area contributed by atoms with Gasteiger partial charge >= 0.3 is 11.9 Å². The van der Waals surface area contributed by atoms with Gasteiger partial charge in [0.25, 0.3) is 0 Å². The summed E-state index contributed by atoms with van der Waals surface area (Å²) in [5.74, 6) is -2.96. The van der Waals surface area contributed by atoms with Crippen LogP contribution in [0.25, 0.3) is 0 Å². The van der Waals surface area contributed by atoms with Crippen LogP contribution in [0.4, 0.5) is 0 Å². The van der Waals surface area contributed by atoms with E-state index >= 15 is 0 Å². The van der Waals surface area contributed by atoms with Gasteiger partial charge in [0, 0.05) is 76.5 Å². The third-order valence-electron chi connectivity index (χ3n) is 12.8. The summed E-state index contributed by atoms with van der Waals surface area (Å²) in [4.78, 5) is 29.2. The highest BCUT2D eigenvalue weighted by atomic mass is 16.6. The second-order valence-electron chi connectivity index (χ2n) is 14.2. The van der Waals surface area contributed by atoms with E-state index in [1.54, 1.807) is 45.6 Å². The summed E-state index contributed by atoms with van der Waals surface area (Å²) in [5.41, 5.74) is -3.93. The van der Waals surface area contributed by atoms with Crippen LogP contribution in [-0.2, 0) is 33.2 Å². The molecule has 1 spiro atoms. The molecule has 1 aromatic carbocycles. The highest BCUT2D eigenvalue weighted by molar-refractivity contribution is 5.89. The number of hydrogen-bond acceptors (Lipinski definition) is 11. The van der Waals surface area contributed by atoms with Crippen LogP contribution in [0.1, 0.15) is 36.5 Å². The first kappa shape index (κ1) is 30.5. The maximum Gasteiger partial charge on any atom is 0.338 e. The minimum Gasteiger partial charge on any atom is -0.455 e. The third kappa shape index (κ3) is 3.41. The number of nitrogens with zero attached hydrogens (tertiary/aromatic N) is 1. The van der Waals surface area contributed by atoms with Gasteiger partial charge in [-0.3, -0.25) is 4.79 Å². The Morgan fingerprint density at radius 3 is 2.36 bits per heavy atom. The Morgan fingerprint density at radius 1 is 1.02 bits per heavy atom. The fourth-order valence-electron chi connectivity index (χ4n) is 12.3. The maximum absolute atomic E-state index is 13.7. The molecule has 1 aromatic rings. The zero-order valence-corrected chi connectivity index (χ0v) is 26.3. The lowest BCUT2D eigenvalue weighted by molar-refractivity contribution is -0.316. The minimum absolute atomic E-state index is 0.103. The SMILES string of the molecule is COC[C@@]12CC[C@@H](OC)[C@@]34[C@@H]1[C@@H](OC)[C@@H]([C@H]3N(C)C2)[C@]1(OC(C)=O)[C@@H]2[C@@H](OC(=O)c3ccccc3)[C@](O)(C[C@@H]24)[C@@H](OC)[C@@H]1O. The van der Waals surface area contributed by atoms with Gasteiger partial charge in [-0.05, 0) is 44.4 Å². The van der Waals surface area contributed by atoms with Gasteiger partial charge in [-0.25, -0.2) is 4.79 Å². The molecule has 0 amide bonds. The number of benzene rings is 1. The first-order chi connectivity index (χ1) is 21.0. The van der Waals surface area contributed by atoms with Gasteiger partial charge in [0.05, 0.1) is 24.4 Å². The first-order valence-corrected chi connectivity index (χ1v) is 15.7. The van der Waals surface area contributed by atoms with Crippen LogP contribution in [0, 0.1) is 34.5 Å². The Hall–Kier alpha value is -2.12. The van der Waals surface area contributed by atoms with Gasteiger partial charge in [0.2, 0.25) is 0 Å². The molecule has 6 fully saturated rings. The third-order valence-corrected chi connectivity index (χ3v) is 12.8. The lowest BCUT2D eigenvalue weighted by Gasteiger charge is -2.69. The van der Waals surface area contributed by atoms with E-state index in [2.05, 4.69) is 11.9 Å². The summed E-state index contributed by atoms with van der Waals surface area (Å²) >= 11 is 0. The summed E-state index contributed by atoms with van der Waals surface area (Å²) in [5, 5.41) is 25.1. The average molecular weight is 616 g/mol. The van der Waals surface area contributed by atoms with Gasteiger partial charge in [-0.1, -0.05) is 18.2 Å². The topological polar surface area (TPSA) is 133 Å². The molecule has 11 heteroatoms. The molecular weight excluding hydrogens is 570 g/mol.